The van der Waals surface area contributed by atoms with Crippen molar-refractivity contribution in [3.63, 3.8) is 0 Å². The maximum Gasteiger partial charge on any atom is 0.573 e. The van der Waals surface area contributed by atoms with Crippen LogP contribution >= 0.6 is 0 Å². The summed E-state index contributed by atoms with van der Waals surface area (Å²) >= 11 is 0. The van der Waals surface area contributed by atoms with Crippen LogP contribution in [0.15, 0.2) is 24.3 Å². The highest BCUT2D eigenvalue weighted by molar-refractivity contribution is 5.65. The minimum Gasteiger partial charge on any atom is -0.405 e. The van der Waals surface area contributed by atoms with Gasteiger partial charge >= 0.3 is 6.36 Å². The summed E-state index contributed by atoms with van der Waals surface area (Å²) in [7, 11) is 0. The number of para-hydroxylation sites is 1. The number of anilines is 1. The number of aryl methyl sites for hydroxylation is 1. The third-order valence-corrected chi connectivity index (χ3v) is 2.40. The number of aromatic nitrogens is 2. The van der Waals surface area contributed by atoms with Crippen LogP contribution in [0, 0.1) is 12.7 Å². The number of nitrogens with two attached hydrogens (primary N) is 1. The van der Waals surface area contributed by atoms with Gasteiger partial charge in [0.1, 0.15) is 5.75 Å². The number of nitrogen functional groups attached to an aromatic ring is 1. The van der Waals surface area contributed by atoms with Gasteiger partial charge in [0.15, 0.2) is 17.5 Å². The van der Waals surface area contributed by atoms with Crippen molar-refractivity contribution in [2.45, 2.75) is 13.3 Å². The molecule has 8 heteroatoms. The molecule has 0 bridgehead atoms. The Morgan fingerprint density at radius 1 is 1.15 bits per heavy atom. The van der Waals surface area contributed by atoms with Crippen LogP contribution in [0.3, 0.4) is 0 Å². The third kappa shape index (κ3) is 2.95. The van der Waals surface area contributed by atoms with Gasteiger partial charge in [-0.3, -0.25) is 0 Å². The first kappa shape index (κ1) is 14.0. The first-order valence-electron chi connectivity index (χ1n) is 5.42. The zero-order valence-corrected chi connectivity index (χ0v) is 10.2. The summed E-state index contributed by atoms with van der Waals surface area (Å²) in [6.07, 6.45) is -4.85. The molecule has 20 heavy (non-hydrogen) atoms. The van der Waals surface area contributed by atoms with Crippen LogP contribution < -0.4 is 10.5 Å². The topological polar surface area (TPSA) is 61.0 Å². The van der Waals surface area contributed by atoms with E-state index in [4.69, 9.17) is 5.73 Å². The zero-order chi connectivity index (χ0) is 14.9. The molecule has 4 nitrogen and oxygen atoms in total. The lowest BCUT2D eigenvalue weighted by atomic mass is 10.2. The number of benzene rings is 1. The van der Waals surface area contributed by atoms with E-state index in [1.807, 2.05) is 0 Å². The molecular weight excluding hydrogens is 278 g/mol. The second kappa shape index (κ2) is 4.95. The van der Waals surface area contributed by atoms with Crippen molar-refractivity contribution in [2.24, 2.45) is 0 Å². The number of halogens is 4. The maximum atomic E-state index is 13.3. The summed E-state index contributed by atoms with van der Waals surface area (Å²) < 4.78 is 54.2. The molecule has 2 rings (SSSR count). The van der Waals surface area contributed by atoms with Crippen LogP contribution in [-0.4, -0.2) is 16.3 Å². The van der Waals surface area contributed by atoms with Gasteiger partial charge in [-0.25, -0.2) is 14.4 Å². The second-order valence-corrected chi connectivity index (χ2v) is 3.88. The summed E-state index contributed by atoms with van der Waals surface area (Å²) in [4.78, 5) is 7.42. The second-order valence-electron chi connectivity index (χ2n) is 3.88. The molecule has 2 aromatic rings. The quantitative estimate of drug-likeness (QED) is 0.862. The lowest BCUT2D eigenvalue weighted by molar-refractivity contribution is -0.274. The van der Waals surface area contributed by atoms with Gasteiger partial charge in [-0.15, -0.1) is 13.2 Å². The summed E-state index contributed by atoms with van der Waals surface area (Å²) in [6, 6.07) is 5.29. The van der Waals surface area contributed by atoms with Crippen LogP contribution in [0.4, 0.5) is 23.4 Å². The van der Waals surface area contributed by atoms with Crippen molar-refractivity contribution in [3.05, 3.63) is 35.8 Å². The molecule has 0 saturated heterocycles. The Bertz CT molecular complexity index is 620. The Labute approximate surface area is 111 Å². The van der Waals surface area contributed by atoms with Crippen molar-refractivity contribution in [2.75, 3.05) is 5.73 Å². The number of alkyl halides is 3. The number of ether oxygens (including phenoxy) is 1. The van der Waals surface area contributed by atoms with E-state index in [9.17, 15) is 17.6 Å². The molecule has 0 fully saturated rings. The summed E-state index contributed by atoms with van der Waals surface area (Å²) in [5.74, 6) is -1.86. The molecule has 0 unspecified atom stereocenters. The van der Waals surface area contributed by atoms with Crippen molar-refractivity contribution < 1.29 is 22.3 Å². The van der Waals surface area contributed by atoms with Gasteiger partial charge in [-0.1, -0.05) is 12.1 Å². The summed E-state index contributed by atoms with van der Waals surface area (Å²) in [5, 5.41) is 0. The molecule has 0 amide bonds. The molecule has 0 spiro atoms. The highest BCUT2D eigenvalue weighted by Gasteiger charge is 2.32. The van der Waals surface area contributed by atoms with Gasteiger partial charge in [0.25, 0.3) is 0 Å². The van der Waals surface area contributed by atoms with Gasteiger partial charge in [0.2, 0.25) is 0 Å². The molecule has 1 heterocycles. The summed E-state index contributed by atoms with van der Waals surface area (Å²) in [5.41, 5.74) is 5.26. The van der Waals surface area contributed by atoms with Crippen molar-refractivity contribution in [1.29, 1.82) is 0 Å². The Hall–Kier alpha value is -2.38. The highest BCUT2D eigenvalue weighted by Crippen LogP contribution is 2.32. The number of hydrogen-bond acceptors (Lipinski definition) is 4. The van der Waals surface area contributed by atoms with Crippen molar-refractivity contribution in [1.82, 2.24) is 9.97 Å². The van der Waals surface area contributed by atoms with E-state index in [0.717, 1.165) is 6.07 Å². The van der Waals surface area contributed by atoms with Crippen LogP contribution in [0.5, 0.6) is 5.75 Å². The molecule has 1 aromatic heterocycles. The van der Waals surface area contributed by atoms with Crippen molar-refractivity contribution in [3.8, 4) is 17.1 Å². The van der Waals surface area contributed by atoms with Gasteiger partial charge in [-0.05, 0) is 19.1 Å². The lowest BCUT2D eigenvalue weighted by Gasteiger charge is -2.13. The predicted molar refractivity (Wildman–Crippen MR) is 63.3 cm³/mol. The smallest absolute Gasteiger partial charge is 0.405 e. The van der Waals surface area contributed by atoms with E-state index < -0.39 is 23.7 Å². The Morgan fingerprint density at radius 3 is 2.40 bits per heavy atom. The monoisotopic (exact) mass is 287 g/mol. The lowest BCUT2D eigenvalue weighted by Crippen LogP contribution is -2.17. The summed E-state index contributed by atoms with van der Waals surface area (Å²) in [6.45, 7) is 1.34. The van der Waals surface area contributed by atoms with E-state index in [0.29, 0.717) is 0 Å². The third-order valence-electron chi connectivity index (χ3n) is 2.40. The normalized spacial score (nSPS) is 11.4. The van der Waals surface area contributed by atoms with Gasteiger partial charge in [-0.2, -0.15) is 0 Å². The molecule has 0 saturated carbocycles. The van der Waals surface area contributed by atoms with Gasteiger partial charge in [0.05, 0.1) is 11.3 Å². The fraction of sp³-hybridized carbons (Fsp3) is 0.167. The Balaban J connectivity index is 2.53. The van der Waals surface area contributed by atoms with Crippen molar-refractivity contribution >= 4 is 5.82 Å². The van der Waals surface area contributed by atoms with Gasteiger partial charge < -0.3 is 10.5 Å². The largest absolute Gasteiger partial charge is 0.573 e. The molecular formula is C12H9F4N3O. The predicted octanol–water partition coefficient (Wildman–Crippen LogP) is 3.07. The average Bonchev–Trinajstić information content (AvgIpc) is 2.34. The van der Waals surface area contributed by atoms with Crippen LogP contribution in [-0.2, 0) is 0 Å². The van der Waals surface area contributed by atoms with Crippen LogP contribution in [0.2, 0.25) is 0 Å². The van der Waals surface area contributed by atoms with Crippen LogP contribution in [0.25, 0.3) is 11.4 Å². The van der Waals surface area contributed by atoms with E-state index in [1.54, 1.807) is 0 Å². The van der Waals surface area contributed by atoms with Gasteiger partial charge in [0, 0.05) is 0 Å². The van der Waals surface area contributed by atoms with E-state index in [2.05, 4.69) is 14.7 Å². The fourth-order valence-corrected chi connectivity index (χ4v) is 1.57. The minimum absolute atomic E-state index is 0.0281. The molecule has 0 aliphatic carbocycles. The molecule has 0 atom stereocenters. The molecule has 0 aliphatic rings. The van der Waals surface area contributed by atoms with E-state index in [1.165, 1.54) is 25.1 Å². The Kier molecular flexibility index (Phi) is 3.47. The molecule has 2 N–H and O–H groups in total. The minimum atomic E-state index is -4.85. The molecule has 106 valence electrons. The molecule has 0 aliphatic heterocycles. The highest BCUT2D eigenvalue weighted by atomic mass is 19.4. The van der Waals surface area contributed by atoms with E-state index >= 15 is 0 Å². The fourth-order valence-electron chi connectivity index (χ4n) is 1.57. The Morgan fingerprint density at radius 2 is 1.80 bits per heavy atom. The zero-order valence-electron chi connectivity index (χ0n) is 10.2. The number of nitrogens with zero attached hydrogens (tertiary/aromatic N) is 2. The molecule has 0 radical (unpaired) electrons. The first-order chi connectivity index (χ1) is 9.28. The standard InChI is InChI=1S/C12H9F4N3O/c1-6-9(13)10(17)19-11(18-6)7-4-2-3-5-8(7)20-12(14,15)16/h2-5H,1H3,(H2,17,18,19). The molecule has 1 aromatic carbocycles. The SMILES string of the molecule is Cc1nc(-c2ccccc2OC(F)(F)F)nc(N)c1F. The average molecular weight is 287 g/mol. The van der Waals surface area contributed by atoms with E-state index in [-0.39, 0.29) is 17.1 Å². The maximum absolute atomic E-state index is 13.3. The first-order valence-corrected chi connectivity index (χ1v) is 5.42. The number of rotatable bonds is 2. The number of hydrogen-bond donors (Lipinski definition) is 1. The van der Waals surface area contributed by atoms with Crippen LogP contribution in [0.1, 0.15) is 5.69 Å².